The zero-order valence-corrected chi connectivity index (χ0v) is 9.14. The Bertz CT molecular complexity index is 560. The SMILES string of the molecule is Cc1ccc2nc(C)c(C(N)C(=O)O)n2c1. The van der Waals surface area contributed by atoms with Crippen LogP contribution >= 0.6 is 0 Å². The second kappa shape index (κ2) is 3.61. The van der Waals surface area contributed by atoms with Crippen molar-refractivity contribution in [2.45, 2.75) is 19.9 Å². The molecule has 2 aromatic heterocycles. The van der Waals surface area contributed by atoms with Crippen LogP contribution in [0.15, 0.2) is 18.3 Å². The molecular formula is C11H13N3O2. The van der Waals surface area contributed by atoms with Gasteiger partial charge in [-0.05, 0) is 25.5 Å². The molecule has 84 valence electrons. The Labute approximate surface area is 92.5 Å². The van der Waals surface area contributed by atoms with Crippen molar-refractivity contribution < 1.29 is 9.90 Å². The summed E-state index contributed by atoms with van der Waals surface area (Å²) in [6.45, 7) is 3.70. The predicted molar refractivity (Wildman–Crippen MR) is 59.2 cm³/mol. The number of imidazole rings is 1. The van der Waals surface area contributed by atoms with Gasteiger partial charge in [0.25, 0.3) is 0 Å². The van der Waals surface area contributed by atoms with E-state index in [1.54, 1.807) is 11.3 Å². The molecule has 0 spiro atoms. The maximum absolute atomic E-state index is 10.9. The molecule has 0 radical (unpaired) electrons. The van der Waals surface area contributed by atoms with Gasteiger partial charge in [-0.15, -0.1) is 0 Å². The summed E-state index contributed by atoms with van der Waals surface area (Å²) in [4.78, 5) is 15.2. The first-order valence-electron chi connectivity index (χ1n) is 4.94. The van der Waals surface area contributed by atoms with Gasteiger partial charge in [-0.3, -0.25) is 4.79 Å². The number of hydrogen-bond acceptors (Lipinski definition) is 3. The summed E-state index contributed by atoms with van der Waals surface area (Å²) in [6.07, 6.45) is 1.84. The Hall–Kier alpha value is -1.88. The number of carboxylic acids is 1. The lowest BCUT2D eigenvalue weighted by atomic mass is 10.2. The third-order valence-corrected chi connectivity index (χ3v) is 2.55. The monoisotopic (exact) mass is 219 g/mol. The average Bonchev–Trinajstić information content (AvgIpc) is 2.52. The Kier molecular flexibility index (Phi) is 2.40. The molecule has 2 aromatic rings. The number of carboxylic acid groups (broad SMARTS) is 1. The van der Waals surface area contributed by atoms with Crippen LogP contribution in [0.4, 0.5) is 0 Å². The second-order valence-corrected chi connectivity index (χ2v) is 3.83. The van der Waals surface area contributed by atoms with Crippen LogP contribution in [-0.2, 0) is 4.79 Å². The number of aromatic nitrogens is 2. The lowest BCUT2D eigenvalue weighted by Gasteiger charge is -2.08. The van der Waals surface area contributed by atoms with Crippen molar-refractivity contribution in [1.82, 2.24) is 9.38 Å². The maximum Gasteiger partial charge on any atom is 0.326 e. The number of nitrogens with zero attached hydrogens (tertiary/aromatic N) is 2. The highest BCUT2D eigenvalue weighted by atomic mass is 16.4. The van der Waals surface area contributed by atoms with Crippen LogP contribution in [-0.4, -0.2) is 20.5 Å². The molecule has 0 aliphatic rings. The van der Waals surface area contributed by atoms with E-state index in [2.05, 4.69) is 4.98 Å². The lowest BCUT2D eigenvalue weighted by Crippen LogP contribution is -2.23. The van der Waals surface area contributed by atoms with Gasteiger partial charge in [0.15, 0.2) is 0 Å². The smallest absolute Gasteiger partial charge is 0.326 e. The summed E-state index contributed by atoms with van der Waals surface area (Å²) in [5.74, 6) is -1.05. The van der Waals surface area contributed by atoms with Crippen molar-refractivity contribution in [3.05, 3.63) is 35.3 Å². The van der Waals surface area contributed by atoms with Crippen molar-refractivity contribution in [2.75, 3.05) is 0 Å². The molecule has 3 N–H and O–H groups in total. The fraction of sp³-hybridized carbons (Fsp3) is 0.273. The highest BCUT2D eigenvalue weighted by molar-refractivity contribution is 5.75. The lowest BCUT2D eigenvalue weighted by molar-refractivity contribution is -0.138. The Balaban J connectivity index is 2.72. The van der Waals surface area contributed by atoms with Crippen LogP contribution in [0.3, 0.4) is 0 Å². The van der Waals surface area contributed by atoms with Crippen molar-refractivity contribution in [1.29, 1.82) is 0 Å². The van der Waals surface area contributed by atoms with E-state index in [1.165, 1.54) is 0 Å². The van der Waals surface area contributed by atoms with Crippen LogP contribution in [0.2, 0.25) is 0 Å². The van der Waals surface area contributed by atoms with Gasteiger partial charge in [-0.2, -0.15) is 0 Å². The number of aliphatic carboxylic acids is 1. The van der Waals surface area contributed by atoms with Crippen LogP contribution in [0.1, 0.15) is 23.0 Å². The third kappa shape index (κ3) is 1.55. The maximum atomic E-state index is 10.9. The van der Waals surface area contributed by atoms with E-state index in [0.717, 1.165) is 11.2 Å². The molecule has 0 fully saturated rings. The highest BCUT2D eigenvalue weighted by Gasteiger charge is 2.21. The van der Waals surface area contributed by atoms with Crippen LogP contribution in [0.25, 0.3) is 5.65 Å². The van der Waals surface area contributed by atoms with Crippen molar-refractivity contribution in [3.8, 4) is 0 Å². The molecule has 2 heterocycles. The minimum absolute atomic E-state index is 0.534. The van der Waals surface area contributed by atoms with Gasteiger partial charge in [0.2, 0.25) is 0 Å². The van der Waals surface area contributed by atoms with E-state index >= 15 is 0 Å². The largest absolute Gasteiger partial charge is 0.480 e. The quantitative estimate of drug-likeness (QED) is 0.790. The zero-order valence-electron chi connectivity index (χ0n) is 9.14. The van der Waals surface area contributed by atoms with Gasteiger partial charge in [0.05, 0.1) is 11.4 Å². The summed E-state index contributed by atoms with van der Waals surface area (Å²) in [7, 11) is 0. The molecule has 5 nitrogen and oxygen atoms in total. The summed E-state index contributed by atoms with van der Waals surface area (Å²) in [5.41, 5.74) is 8.57. The van der Waals surface area contributed by atoms with Gasteiger partial charge < -0.3 is 15.2 Å². The molecular weight excluding hydrogens is 206 g/mol. The Morgan fingerprint density at radius 3 is 2.81 bits per heavy atom. The molecule has 0 saturated heterocycles. The first-order valence-corrected chi connectivity index (χ1v) is 4.94. The summed E-state index contributed by atoms with van der Waals surface area (Å²) < 4.78 is 1.74. The molecule has 1 atom stereocenters. The normalized spacial score (nSPS) is 12.9. The number of carbonyl (C=O) groups is 1. The molecule has 0 aliphatic carbocycles. The molecule has 16 heavy (non-hydrogen) atoms. The topological polar surface area (TPSA) is 80.6 Å². The molecule has 0 saturated carbocycles. The van der Waals surface area contributed by atoms with Gasteiger partial charge >= 0.3 is 5.97 Å². The summed E-state index contributed by atoms with van der Waals surface area (Å²) in [5, 5.41) is 8.94. The first-order chi connectivity index (χ1) is 7.50. The summed E-state index contributed by atoms with van der Waals surface area (Å²) in [6, 6.07) is 2.73. The average molecular weight is 219 g/mol. The molecule has 0 amide bonds. The number of nitrogens with two attached hydrogens (primary N) is 1. The first kappa shape index (κ1) is 10.6. The van der Waals surface area contributed by atoms with Crippen LogP contribution < -0.4 is 5.73 Å². The third-order valence-electron chi connectivity index (χ3n) is 2.55. The van der Waals surface area contributed by atoms with Gasteiger partial charge in [-0.1, -0.05) is 6.07 Å². The molecule has 0 aliphatic heterocycles. The van der Waals surface area contributed by atoms with Gasteiger partial charge in [0.1, 0.15) is 11.7 Å². The zero-order chi connectivity index (χ0) is 11.9. The molecule has 1 unspecified atom stereocenters. The standard InChI is InChI=1S/C11H13N3O2/c1-6-3-4-8-13-7(2)10(14(8)5-6)9(12)11(15)16/h3-5,9H,12H2,1-2H3,(H,15,16). The molecule has 2 rings (SSSR count). The van der Waals surface area contributed by atoms with E-state index < -0.39 is 12.0 Å². The minimum atomic E-state index is -1.05. The van der Waals surface area contributed by atoms with Crippen LogP contribution in [0.5, 0.6) is 0 Å². The van der Waals surface area contributed by atoms with E-state index in [-0.39, 0.29) is 0 Å². The van der Waals surface area contributed by atoms with Gasteiger partial charge in [-0.25, -0.2) is 4.98 Å². The van der Waals surface area contributed by atoms with E-state index in [1.807, 2.05) is 25.3 Å². The summed E-state index contributed by atoms with van der Waals surface area (Å²) >= 11 is 0. The number of aryl methyl sites for hydroxylation is 2. The molecule has 0 aromatic carbocycles. The van der Waals surface area contributed by atoms with Gasteiger partial charge in [0, 0.05) is 6.20 Å². The molecule has 0 bridgehead atoms. The van der Waals surface area contributed by atoms with Crippen molar-refractivity contribution >= 4 is 11.6 Å². The number of pyridine rings is 1. The fourth-order valence-electron chi connectivity index (χ4n) is 1.78. The van der Waals surface area contributed by atoms with Crippen LogP contribution in [0, 0.1) is 13.8 Å². The second-order valence-electron chi connectivity index (χ2n) is 3.83. The number of fused-ring (bicyclic) bond motifs is 1. The van der Waals surface area contributed by atoms with E-state index in [9.17, 15) is 4.79 Å². The predicted octanol–water partition coefficient (Wildman–Crippen LogP) is 1.04. The Morgan fingerprint density at radius 1 is 1.50 bits per heavy atom. The van der Waals surface area contributed by atoms with Crippen molar-refractivity contribution in [3.63, 3.8) is 0 Å². The minimum Gasteiger partial charge on any atom is -0.480 e. The fourth-order valence-corrected chi connectivity index (χ4v) is 1.78. The number of rotatable bonds is 2. The molecule has 5 heteroatoms. The van der Waals surface area contributed by atoms with Crippen molar-refractivity contribution in [2.24, 2.45) is 5.73 Å². The van der Waals surface area contributed by atoms with E-state index in [4.69, 9.17) is 10.8 Å². The highest BCUT2D eigenvalue weighted by Crippen LogP contribution is 2.18. The number of hydrogen-bond donors (Lipinski definition) is 2. The van der Waals surface area contributed by atoms with E-state index in [0.29, 0.717) is 11.4 Å². The Morgan fingerprint density at radius 2 is 2.19 bits per heavy atom.